The minimum Gasteiger partial charge on any atom is -0.497 e. The average Bonchev–Trinajstić information content (AvgIpc) is 2.86. The lowest BCUT2D eigenvalue weighted by molar-refractivity contribution is -0.130. The van der Waals surface area contributed by atoms with Crippen LogP contribution in [0.4, 0.5) is 4.79 Å². The van der Waals surface area contributed by atoms with Crippen LogP contribution in [-0.4, -0.2) is 56.6 Å². The van der Waals surface area contributed by atoms with Gasteiger partial charge >= 0.3 is 6.03 Å². The second kappa shape index (κ2) is 7.48. The molecular formula is C15H19N3O5. The van der Waals surface area contributed by atoms with E-state index in [1.165, 1.54) is 0 Å². The number of imide groups is 1. The van der Waals surface area contributed by atoms with Gasteiger partial charge in [-0.05, 0) is 30.2 Å². The quantitative estimate of drug-likeness (QED) is 0.684. The van der Waals surface area contributed by atoms with Crippen LogP contribution < -0.4 is 20.1 Å². The Labute approximate surface area is 133 Å². The number of carbonyl (C=O) groups excluding carboxylic acids is 3. The molecule has 0 atom stereocenters. The van der Waals surface area contributed by atoms with Crippen molar-refractivity contribution >= 4 is 17.8 Å². The zero-order valence-electron chi connectivity index (χ0n) is 13.0. The van der Waals surface area contributed by atoms with Crippen LogP contribution in [0.3, 0.4) is 0 Å². The Morgan fingerprint density at radius 2 is 2.09 bits per heavy atom. The van der Waals surface area contributed by atoms with Gasteiger partial charge in [-0.15, -0.1) is 0 Å². The Hall–Kier alpha value is -2.77. The standard InChI is InChI=1S/C15H19N3O5/c1-22-11-3-4-12(23-2)10(7-11)5-6-16-13(19)9-18-14(20)8-17-15(18)21/h3-4,7H,5-6,8-9H2,1-2H3,(H,16,19)(H,17,21). The van der Waals surface area contributed by atoms with Crippen LogP contribution in [-0.2, 0) is 16.0 Å². The first-order valence-corrected chi connectivity index (χ1v) is 7.11. The minimum absolute atomic E-state index is 0.0624. The summed E-state index contributed by atoms with van der Waals surface area (Å²) in [5, 5.41) is 5.04. The number of hydrogen-bond acceptors (Lipinski definition) is 5. The van der Waals surface area contributed by atoms with E-state index in [9.17, 15) is 14.4 Å². The van der Waals surface area contributed by atoms with Crippen molar-refractivity contribution in [2.75, 3.05) is 33.9 Å². The summed E-state index contributed by atoms with van der Waals surface area (Å²) in [6.45, 7) is 0.0129. The van der Waals surface area contributed by atoms with Crippen molar-refractivity contribution < 1.29 is 23.9 Å². The highest BCUT2D eigenvalue weighted by Crippen LogP contribution is 2.24. The van der Waals surface area contributed by atoms with E-state index in [2.05, 4.69) is 10.6 Å². The Morgan fingerprint density at radius 3 is 2.70 bits per heavy atom. The van der Waals surface area contributed by atoms with Gasteiger partial charge in [0.1, 0.15) is 18.0 Å². The zero-order valence-corrected chi connectivity index (χ0v) is 13.0. The van der Waals surface area contributed by atoms with Crippen LogP contribution in [0.1, 0.15) is 5.56 Å². The minimum atomic E-state index is -0.542. The Bertz CT molecular complexity index is 601. The smallest absolute Gasteiger partial charge is 0.325 e. The van der Waals surface area contributed by atoms with E-state index in [1.807, 2.05) is 6.07 Å². The summed E-state index contributed by atoms with van der Waals surface area (Å²) in [5.74, 6) is 0.609. The molecular weight excluding hydrogens is 302 g/mol. The van der Waals surface area contributed by atoms with E-state index in [0.29, 0.717) is 24.5 Å². The molecule has 124 valence electrons. The number of rotatable bonds is 7. The fourth-order valence-electron chi connectivity index (χ4n) is 2.23. The van der Waals surface area contributed by atoms with Gasteiger partial charge in [-0.1, -0.05) is 0 Å². The Balaban J connectivity index is 1.86. The van der Waals surface area contributed by atoms with Crippen molar-refractivity contribution in [1.29, 1.82) is 0 Å². The maximum absolute atomic E-state index is 11.8. The summed E-state index contributed by atoms with van der Waals surface area (Å²) in [6, 6.07) is 4.88. The molecule has 2 rings (SSSR count). The van der Waals surface area contributed by atoms with Crippen LogP contribution in [0.2, 0.25) is 0 Å². The molecule has 0 unspecified atom stereocenters. The molecule has 0 spiro atoms. The van der Waals surface area contributed by atoms with E-state index < -0.39 is 17.8 Å². The van der Waals surface area contributed by atoms with E-state index in [0.717, 1.165) is 10.5 Å². The molecule has 1 saturated heterocycles. The van der Waals surface area contributed by atoms with Crippen LogP contribution in [0.25, 0.3) is 0 Å². The van der Waals surface area contributed by atoms with Gasteiger partial charge in [-0.2, -0.15) is 0 Å². The molecule has 1 fully saturated rings. The number of hydrogen-bond donors (Lipinski definition) is 2. The third-order valence-electron chi connectivity index (χ3n) is 3.44. The number of urea groups is 1. The van der Waals surface area contributed by atoms with Gasteiger partial charge in [-0.25, -0.2) is 4.79 Å². The molecule has 1 aliphatic heterocycles. The SMILES string of the molecule is COc1ccc(OC)c(CCNC(=O)CN2C(=O)CNC2=O)c1. The summed E-state index contributed by atoms with van der Waals surface area (Å²) in [7, 11) is 3.15. The second-order valence-corrected chi connectivity index (χ2v) is 4.92. The van der Waals surface area contributed by atoms with Crippen molar-refractivity contribution in [3.8, 4) is 11.5 Å². The lowest BCUT2D eigenvalue weighted by atomic mass is 10.1. The predicted octanol–water partition coefficient (Wildman–Crippen LogP) is -0.0857. The number of nitrogens with zero attached hydrogens (tertiary/aromatic N) is 1. The van der Waals surface area contributed by atoms with Crippen LogP contribution in [0.5, 0.6) is 11.5 Å². The zero-order chi connectivity index (χ0) is 16.8. The topological polar surface area (TPSA) is 97.0 Å². The molecule has 0 aliphatic carbocycles. The van der Waals surface area contributed by atoms with Crippen LogP contribution >= 0.6 is 0 Å². The molecule has 1 aromatic carbocycles. The first-order valence-electron chi connectivity index (χ1n) is 7.11. The summed E-state index contributed by atoms with van der Waals surface area (Å²) in [4.78, 5) is 35.5. The molecule has 0 saturated carbocycles. The molecule has 8 heteroatoms. The highest BCUT2D eigenvalue weighted by Gasteiger charge is 2.29. The Kier molecular flexibility index (Phi) is 5.40. The summed E-state index contributed by atoms with van der Waals surface area (Å²) in [6.07, 6.45) is 0.534. The maximum atomic E-state index is 11.8. The number of nitrogens with one attached hydrogen (secondary N) is 2. The van der Waals surface area contributed by atoms with Crippen molar-refractivity contribution in [1.82, 2.24) is 15.5 Å². The van der Waals surface area contributed by atoms with Crippen molar-refractivity contribution in [3.63, 3.8) is 0 Å². The van der Waals surface area contributed by atoms with E-state index >= 15 is 0 Å². The van der Waals surface area contributed by atoms with Gasteiger partial charge in [0.05, 0.1) is 20.8 Å². The summed E-state index contributed by atoms with van der Waals surface area (Å²) < 4.78 is 10.4. The summed E-state index contributed by atoms with van der Waals surface area (Å²) >= 11 is 0. The maximum Gasteiger partial charge on any atom is 0.325 e. The number of carbonyl (C=O) groups is 3. The third kappa shape index (κ3) is 4.12. The summed E-state index contributed by atoms with van der Waals surface area (Å²) in [5.41, 5.74) is 0.891. The van der Waals surface area contributed by atoms with Crippen molar-refractivity contribution in [2.45, 2.75) is 6.42 Å². The van der Waals surface area contributed by atoms with Gasteiger partial charge < -0.3 is 20.1 Å². The fraction of sp³-hybridized carbons (Fsp3) is 0.400. The lowest BCUT2D eigenvalue weighted by Crippen LogP contribution is -2.41. The largest absolute Gasteiger partial charge is 0.497 e. The van der Waals surface area contributed by atoms with E-state index in [4.69, 9.17) is 9.47 Å². The normalized spacial score (nSPS) is 13.7. The van der Waals surface area contributed by atoms with E-state index in [-0.39, 0.29) is 13.1 Å². The van der Waals surface area contributed by atoms with Gasteiger partial charge in [0, 0.05) is 6.54 Å². The molecule has 0 radical (unpaired) electrons. The third-order valence-corrected chi connectivity index (χ3v) is 3.44. The van der Waals surface area contributed by atoms with Crippen molar-refractivity contribution in [3.05, 3.63) is 23.8 Å². The van der Waals surface area contributed by atoms with Gasteiger partial charge in [-0.3, -0.25) is 14.5 Å². The number of amides is 4. The van der Waals surface area contributed by atoms with E-state index in [1.54, 1.807) is 26.4 Å². The van der Waals surface area contributed by atoms with Crippen molar-refractivity contribution in [2.24, 2.45) is 0 Å². The van der Waals surface area contributed by atoms with Crippen LogP contribution in [0, 0.1) is 0 Å². The first-order chi connectivity index (χ1) is 11.0. The molecule has 8 nitrogen and oxygen atoms in total. The monoisotopic (exact) mass is 321 g/mol. The fourth-order valence-corrected chi connectivity index (χ4v) is 2.23. The molecule has 4 amide bonds. The Morgan fingerprint density at radius 1 is 1.30 bits per heavy atom. The number of benzene rings is 1. The molecule has 1 aromatic rings. The molecule has 0 bridgehead atoms. The molecule has 23 heavy (non-hydrogen) atoms. The lowest BCUT2D eigenvalue weighted by Gasteiger charge is -2.13. The molecule has 1 heterocycles. The average molecular weight is 321 g/mol. The molecule has 1 aliphatic rings. The number of methoxy groups -OCH3 is 2. The van der Waals surface area contributed by atoms with Gasteiger partial charge in [0.25, 0.3) is 5.91 Å². The van der Waals surface area contributed by atoms with Crippen LogP contribution in [0.15, 0.2) is 18.2 Å². The number of ether oxygens (including phenoxy) is 2. The highest BCUT2D eigenvalue weighted by molar-refractivity contribution is 6.04. The first kappa shape index (κ1) is 16.6. The van der Waals surface area contributed by atoms with Gasteiger partial charge in [0.15, 0.2) is 0 Å². The molecule has 0 aromatic heterocycles. The predicted molar refractivity (Wildman–Crippen MR) is 81.4 cm³/mol. The highest BCUT2D eigenvalue weighted by atomic mass is 16.5. The molecule has 2 N–H and O–H groups in total. The van der Waals surface area contributed by atoms with Gasteiger partial charge in [0.2, 0.25) is 5.91 Å². The second-order valence-electron chi connectivity index (χ2n) is 4.92.